The minimum atomic E-state index is -0.635. The molecule has 1 saturated carbocycles. The summed E-state index contributed by atoms with van der Waals surface area (Å²) in [5.74, 6) is -0.405. The lowest BCUT2D eigenvalue weighted by atomic mass is 9.85. The molecule has 3 atom stereocenters. The van der Waals surface area contributed by atoms with Crippen LogP contribution in [0.1, 0.15) is 40.0 Å². The van der Waals surface area contributed by atoms with E-state index in [-0.39, 0.29) is 35.6 Å². The van der Waals surface area contributed by atoms with Crippen molar-refractivity contribution in [3.8, 4) is 0 Å². The van der Waals surface area contributed by atoms with Crippen LogP contribution in [-0.4, -0.2) is 24.4 Å². The van der Waals surface area contributed by atoms with Gasteiger partial charge in [0.15, 0.2) is 0 Å². The van der Waals surface area contributed by atoms with E-state index >= 15 is 0 Å². The topological polar surface area (TPSA) is 98.2 Å². The molecule has 0 radical (unpaired) electrons. The van der Waals surface area contributed by atoms with Crippen molar-refractivity contribution < 1.29 is 9.59 Å². The molecule has 112 valence electrons. The van der Waals surface area contributed by atoms with Gasteiger partial charge in [-0.3, -0.25) is 9.59 Å². The van der Waals surface area contributed by atoms with Crippen molar-refractivity contribution in [2.24, 2.45) is 28.7 Å². The Morgan fingerprint density at radius 3 is 2.32 bits per heavy atom. The second-order valence-corrected chi connectivity index (χ2v) is 6.24. The summed E-state index contributed by atoms with van der Waals surface area (Å²) in [6, 6.07) is -0.635. The third-order valence-electron chi connectivity index (χ3n) is 3.74. The van der Waals surface area contributed by atoms with Crippen LogP contribution >= 0.6 is 12.4 Å². The molecule has 0 spiro atoms. The van der Waals surface area contributed by atoms with Crippen molar-refractivity contribution in [2.45, 2.75) is 46.1 Å². The first kappa shape index (κ1) is 18.2. The zero-order chi connectivity index (χ0) is 13.9. The first-order valence-electron chi connectivity index (χ1n) is 6.57. The number of primary amides is 1. The second-order valence-electron chi connectivity index (χ2n) is 6.24. The van der Waals surface area contributed by atoms with E-state index in [1.165, 1.54) is 0 Å². The number of halogens is 1. The van der Waals surface area contributed by atoms with Crippen LogP contribution in [0.25, 0.3) is 0 Å². The Kier molecular flexibility index (Phi) is 6.80. The summed E-state index contributed by atoms with van der Waals surface area (Å²) < 4.78 is 0. The first-order valence-corrected chi connectivity index (χ1v) is 6.57. The van der Waals surface area contributed by atoms with Crippen molar-refractivity contribution in [1.82, 2.24) is 5.32 Å². The van der Waals surface area contributed by atoms with Gasteiger partial charge in [0.25, 0.3) is 0 Å². The van der Waals surface area contributed by atoms with Gasteiger partial charge in [0, 0.05) is 5.92 Å². The van der Waals surface area contributed by atoms with Crippen LogP contribution in [0.5, 0.6) is 0 Å². The minimum Gasteiger partial charge on any atom is -0.368 e. The molecular weight excluding hydrogens is 266 g/mol. The lowest BCUT2D eigenvalue weighted by Crippen LogP contribution is -2.53. The number of carbonyl (C=O) groups excluding carboxylic acids is 2. The van der Waals surface area contributed by atoms with E-state index in [0.29, 0.717) is 6.54 Å². The van der Waals surface area contributed by atoms with Crippen LogP contribution in [0.3, 0.4) is 0 Å². The number of carbonyl (C=O) groups is 2. The Hall–Kier alpha value is -0.810. The molecular formula is C13H26ClN3O2. The molecule has 1 fully saturated rings. The van der Waals surface area contributed by atoms with Crippen LogP contribution in [0.4, 0.5) is 0 Å². The molecule has 0 bridgehead atoms. The molecule has 2 amide bonds. The highest BCUT2D eigenvalue weighted by Crippen LogP contribution is 2.31. The van der Waals surface area contributed by atoms with Gasteiger partial charge in [-0.15, -0.1) is 12.4 Å². The normalized spacial score (nSPS) is 24.4. The van der Waals surface area contributed by atoms with Gasteiger partial charge in [0.05, 0.1) is 0 Å². The predicted octanol–water partition coefficient (Wildman–Crippen LogP) is 0.799. The van der Waals surface area contributed by atoms with Crippen LogP contribution in [0.15, 0.2) is 0 Å². The van der Waals surface area contributed by atoms with Gasteiger partial charge in [-0.05, 0) is 30.7 Å². The van der Waals surface area contributed by atoms with Gasteiger partial charge >= 0.3 is 0 Å². The van der Waals surface area contributed by atoms with Crippen molar-refractivity contribution in [2.75, 3.05) is 6.54 Å². The van der Waals surface area contributed by atoms with Gasteiger partial charge in [0.1, 0.15) is 6.04 Å². The van der Waals surface area contributed by atoms with E-state index in [1.807, 2.05) is 20.8 Å². The molecule has 1 aliphatic carbocycles. The Morgan fingerprint density at radius 2 is 1.89 bits per heavy atom. The zero-order valence-corrected chi connectivity index (χ0v) is 12.8. The first-order chi connectivity index (χ1) is 8.27. The zero-order valence-electron chi connectivity index (χ0n) is 11.9. The summed E-state index contributed by atoms with van der Waals surface area (Å²) in [6.07, 6.45) is 2.87. The van der Waals surface area contributed by atoms with Gasteiger partial charge in [-0.25, -0.2) is 0 Å². The molecule has 5 nitrogen and oxygen atoms in total. The quantitative estimate of drug-likeness (QED) is 0.714. The maximum atomic E-state index is 12.2. The summed E-state index contributed by atoms with van der Waals surface area (Å²) >= 11 is 0. The van der Waals surface area contributed by atoms with E-state index < -0.39 is 11.9 Å². The maximum absolute atomic E-state index is 12.2. The molecule has 1 unspecified atom stereocenters. The fourth-order valence-corrected chi connectivity index (χ4v) is 2.63. The summed E-state index contributed by atoms with van der Waals surface area (Å²) in [6.45, 7) is 6.18. The van der Waals surface area contributed by atoms with E-state index in [9.17, 15) is 9.59 Å². The fourth-order valence-electron chi connectivity index (χ4n) is 2.63. The van der Waals surface area contributed by atoms with E-state index in [0.717, 1.165) is 19.3 Å². The average molecular weight is 292 g/mol. The maximum Gasteiger partial charge on any atom is 0.240 e. The largest absolute Gasteiger partial charge is 0.368 e. The number of amides is 2. The number of rotatable bonds is 4. The Bertz CT molecular complexity index is 328. The molecule has 5 N–H and O–H groups in total. The number of hydrogen-bond donors (Lipinski definition) is 3. The van der Waals surface area contributed by atoms with Gasteiger partial charge < -0.3 is 16.8 Å². The summed E-state index contributed by atoms with van der Waals surface area (Å²) in [4.78, 5) is 23.6. The van der Waals surface area contributed by atoms with Crippen LogP contribution in [-0.2, 0) is 9.59 Å². The number of hydrogen-bond acceptors (Lipinski definition) is 3. The van der Waals surface area contributed by atoms with Gasteiger partial charge in [-0.2, -0.15) is 0 Å². The highest BCUT2D eigenvalue weighted by molar-refractivity contribution is 5.88. The Morgan fingerprint density at radius 1 is 1.32 bits per heavy atom. The lowest BCUT2D eigenvalue weighted by Gasteiger charge is -2.30. The minimum absolute atomic E-state index is 0. The van der Waals surface area contributed by atoms with Gasteiger partial charge in [0.2, 0.25) is 11.8 Å². The van der Waals surface area contributed by atoms with Crippen molar-refractivity contribution in [3.63, 3.8) is 0 Å². The molecule has 0 aromatic carbocycles. The molecule has 0 aromatic rings. The average Bonchev–Trinajstić information content (AvgIpc) is 2.71. The second kappa shape index (κ2) is 7.10. The third kappa shape index (κ3) is 4.66. The van der Waals surface area contributed by atoms with Crippen molar-refractivity contribution in [3.05, 3.63) is 0 Å². The monoisotopic (exact) mass is 291 g/mol. The number of nitrogens with two attached hydrogens (primary N) is 2. The van der Waals surface area contributed by atoms with Crippen molar-refractivity contribution in [1.29, 1.82) is 0 Å². The molecule has 19 heavy (non-hydrogen) atoms. The van der Waals surface area contributed by atoms with Crippen molar-refractivity contribution >= 4 is 24.2 Å². The SMILES string of the molecule is CC(C)(C)C(NC(=O)[C@@H]1CCC[C@@H]1CN)C(N)=O.Cl. The van der Waals surface area contributed by atoms with Crippen LogP contribution in [0, 0.1) is 17.3 Å². The molecule has 1 aliphatic rings. The standard InChI is InChI=1S/C13H25N3O2.ClH/c1-13(2,3)10(11(15)17)16-12(18)9-6-4-5-8(9)7-14;/h8-10H,4-7,14H2,1-3H3,(H2,15,17)(H,16,18);1H/t8-,9-,10?;/m1./s1. The van der Waals surface area contributed by atoms with Gasteiger partial charge in [-0.1, -0.05) is 27.2 Å². The summed E-state index contributed by atoms with van der Waals surface area (Å²) in [7, 11) is 0. The number of nitrogens with one attached hydrogen (secondary N) is 1. The molecule has 6 heteroatoms. The molecule has 0 aromatic heterocycles. The highest BCUT2D eigenvalue weighted by atomic mass is 35.5. The predicted molar refractivity (Wildman–Crippen MR) is 77.7 cm³/mol. The molecule has 1 rings (SSSR count). The highest BCUT2D eigenvalue weighted by Gasteiger charge is 2.36. The Balaban J connectivity index is 0.00000324. The molecule has 0 heterocycles. The van der Waals surface area contributed by atoms with E-state index in [4.69, 9.17) is 11.5 Å². The van der Waals surface area contributed by atoms with Crippen LogP contribution < -0.4 is 16.8 Å². The third-order valence-corrected chi connectivity index (χ3v) is 3.74. The molecule has 0 aliphatic heterocycles. The van der Waals surface area contributed by atoms with Crippen LogP contribution in [0.2, 0.25) is 0 Å². The molecule has 0 saturated heterocycles. The summed E-state index contributed by atoms with van der Waals surface area (Å²) in [5, 5.41) is 2.79. The van der Waals surface area contributed by atoms with E-state index in [1.54, 1.807) is 0 Å². The Labute approximate surface area is 121 Å². The fraction of sp³-hybridized carbons (Fsp3) is 0.846. The smallest absolute Gasteiger partial charge is 0.240 e. The lowest BCUT2D eigenvalue weighted by molar-refractivity contribution is -0.132. The van der Waals surface area contributed by atoms with E-state index in [2.05, 4.69) is 5.32 Å². The summed E-state index contributed by atoms with van der Waals surface area (Å²) in [5.41, 5.74) is 10.6.